The van der Waals surface area contributed by atoms with Gasteiger partial charge in [0.15, 0.2) is 0 Å². The van der Waals surface area contributed by atoms with Gasteiger partial charge in [-0.15, -0.1) is 0 Å². The fourth-order valence-electron chi connectivity index (χ4n) is 2.74. The minimum Gasteiger partial charge on any atom is -0.471 e. The molecule has 1 aromatic heterocycles. The molecule has 2 aliphatic heterocycles. The number of hydrogen-bond donors (Lipinski definition) is 1. The van der Waals surface area contributed by atoms with Crippen molar-refractivity contribution in [2.45, 2.75) is 25.4 Å². The van der Waals surface area contributed by atoms with Crippen LogP contribution >= 0.6 is 0 Å². The highest BCUT2D eigenvalue weighted by Crippen LogP contribution is 2.20. The molecule has 21 heavy (non-hydrogen) atoms. The predicted octanol–water partition coefficient (Wildman–Crippen LogP) is -0.0175. The Labute approximate surface area is 122 Å². The molecule has 2 fully saturated rings. The van der Waals surface area contributed by atoms with Crippen molar-refractivity contribution in [1.82, 2.24) is 20.2 Å². The molecule has 3 rings (SSSR count). The highest BCUT2D eigenvalue weighted by atomic mass is 16.5. The summed E-state index contributed by atoms with van der Waals surface area (Å²) in [7, 11) is 0. The van der Waals surface area contributed by atoms with Crippen molar-refractivity contribution in [2.24, 2.45) is 5.92 Å². The molecule has 2 saturated heterocycles. The molecule has 1 N–H and O–H groups in total. The van der Waals surface area contributed by atoms with E-state index in [4.69, 9.17) is 4.74 Å². The topological polar surface area (TPSA) is 84.4 Å². The van der Waals surface area contributed by atoms with Crippen LogP contribution in [-0.4, -0.2) is 52.4 Å². The quantitative estimate of drug-likeness (QED) is 0.846. The lowest BCUT2D eigenvalue weighted by atomic mass is 9.98. The molecule has 0 saturated carbocycles. The average Bonchev–Trinajstić information content (AvgIpc) is 2.97. The van der Waals surface area contributed by atoms with Gasteiger partial charge in [0, 0.05) is 38.3 Å². The number of amides is 2. The van der Waals surface area contributed by atoms with Crippen LogP contribution in [0.4, 0.5) is 0 Å². The summed E-state index contributed by atoms with van der Waals surface area (Å²) in [5.74, 6) is 0.532. The molecular formula is C14H18N4O3. The number of rotatable bonds is 3. The summed E-state index contributed by atoms with van der Waals surface area (Å²) < 4.78 is 5.72. The van der Waals surface area contributed by atoms with Gasteiger partial charge in [-0.1, -0.05) is 0 Å². The molecule has 2 unspecified atom stereocenters. The number of carbonyl (C=O) groups excluding carboxylic acids is 2. The molecule has 2 aliphatic rings. The van der Waals surface area contributed by atoms with Crippen LogP contribution in [0.1, 0.15) is 19.3 Å². The molecule has 1 aromatic rings. The third-order valence-corrected chi connectivity index (χ3v) is 3.90. The van der Waals surface area contributed by atoms with Gasteiger partial charge in [0.25, 0.3) is 0 Å². The van der Waals surface area contributed by atoms with Crippen molar-refractivity contribution in [3.8, 4) is 5.88 Å². The summed E-state index contributed by atoms with van der Waals surface area (Å²) in [4.78, 5) is 33.4. The van der Waals surface area contributed by atoms with Crippen LogP contribution in [0.25, 0.3) is 0 Å². The van der Waals surface area contributed by atoms with Crippen LogP contribution in [0.3, 0.4) is 0 Å². The Balaban J connectivity index is 1.52. The second-order valence-corrected chi connectivity index (χ2v) is 5.40. The standard InChI is InChI=1S/C14H18N4O3/c19-12-2-1-10(7-17-12)14(20)18-6-3-11(9-18)21-13-8-15-4-5-16-13/h4-5,8,10-11H,1-3,6-7,9H2,(H,17,19). The number of nitrogens with one attached hydrogen (secondary N) is 1. The molecule has 0 spiro atoms. The SMILES string of the molecule is O=C1CCC(C(=O)N2CCC(Oc3cnccn3)C2)CN1. The largest absolute Gasteiger partial charge is 0.471 e. The van der Waals surface area contributed by atoms with E-state index in [-0.39, 0.29) is 23.8 Å². The summed E-state index contributed by atoms with van der Waals surface area (Å²) >= 11 is 0. The Morgan fingerprint density at radius 1 is 1.38 bits per heavy atom. The minimum atomic E-state index is -0.0991. The van der Waals surface area contributed by atoms with E-state index in [0.717, 1.165) is 6.42 Å². The summed E-state index contributed by atoms with van der Waals surface area (Å²) in [5, 5.41) is 2.75. The van der Waals surface area contributed by atoms with Crippen molar-refractivity contribution in [3.05, 3.63) is 18.6 Å². The normalized spacial score (nSPS) is 25.5. The number of hydrogen-bond acceptors (Lipinski definition) is 5. The van der Waals surface area contributed by atoms with E-state index in [1.165, 1.54) is 0 Å². The van der Waals surface area contributed by atoms with Gasteiger partial charge in [0.1, 0.15) is 6.10 Å². The van der Waals surface area contributed by atoms with Gasteiger partial charge < -0.3 is 15.0 Å². The second kappa shape index (κ2) is 6.07. The first-order valence-electron chi connectivity index (χ1n) is 7.20. The van der Waals surface area contributed by atoms with Crippen molar-refractivity contribution in [1.29, 1.82) is 0 Å². The van der Waals surface area contributed by atoms with Gasteiger partial charge in [0.2, 0.25) is 17.7 Å². The molecule has 0 radical (unpaired) electrons. The Kier molecular flexibility index (Phi) is 3.98. The fourth-order valence-corrected chi connectivity index (χ4v) is 2.74. The lowest BCUT2D eigenvalue weighted by Crippen LogP contribution is -2.44. The highest BCUT2D eigenvalue weighted by Gasteiger charge is 2.33. The maximum absolute atomic E-state index is 12.4. The molecule has 112 valence electrons. The van der Waals surface area contributed by atoms with Gasteiger partial charge in [-0.3, -0.25) is 14.6 Å². The first-order chi connectivity index (χ1) is 10.2. The fraction of sp³-hybridized carbons (Fsp3) is 0.571. The lowest BCUT2D eigenvalue weighted by molar-refractivity contribution is -0.136. The van der Waals surface area contributed by atoms with Crippen LogP contribution in [0, 0.1) is 5.92 Å². The number of aromatic nitrogens is 2. The highest BCUT2D eigenvalue weighted by molar-refractivity contribution is 5.83. The zero-order chi connectivity index (χ0) is 14.7. The van der Waals surface area contributed by atoms with Gasteiger partial charge in [0.05, 0.1) is 18.7 Å². The van der Waals surface area contributed by atoms with Gasteiger partial charge in [-0.2, -0.15) is 0 Å². The maximum Gasteiger partial charge on any atom is 0.232 e. The van der Waals surface area contributed by atoms with Crippen molar-refractivity contribution < 1.29 is 14.3 Å². The predicted molar refractivity (Wildman–Crippen MR) is 73.4 cm³/mol. The smallest absolute Gasteiger partial charge is 0.232 e. The average molecular weight is 290 g/mol. The summed E-state index contributed by atoms with van der Waals surface area (Å²) in [5.41, 5.74) is 0. The Morgan fingerprint density at radius 2 is 2.29 bits per heavy atom. The van der Waals surface area contributed by atoms with E-state index in [1.54, 1.807) is 18.6 Å². The third-order valence-electron chi connectivity index (χ3n) is 3.90. The molecule has 7 nitrogen and oxygen atoms in total. The van der Waals surface area contributed by atoms with Crippen molar-refractivity contribution in [3.63, 3.8) is 0 Å². The molecule has 7 heteroatoms. The lowest BCUT2D eigenvalue weighted by Gasteiger charge is -2.26. The van der Waals surface area contributed by atoms with E-state index >= 15 is 0 Å². The number of carbonyl (C=O) groups is 2. The van der Waals surface area contributed by atoms with E-state index < -0.39 is 0 Å². The van der Waals surface area contributed by atoms with Crippen LogP contribution in [-0.2, 0) is 9.59 Å². The zero-order valence-corrected chi connectivity index (χ0v) is 11.7. The summed E-state index contributed by atoms with van der Waals surface area (Å²) in [6, 6.07) is 0. The van der Waals surface area contributed by atoms with E-state index in [1.807, 2.05) is 4.90 Å². The number of likely N-dealkylation sites (tertiary alicyclic amines) is 1. The third kappa shape index (κ3) is 3.29. The molecule has 0 aromatic carbocycles. The molecule has 2 amide bonds. The zero-order valence-electron chi connectivity index (χ0n) is 11.7. The minimum absolute atomic E-state index is 0.0318. The van der Waals surface area contributed by atoms with Crippen LogP contribution in [0.2, 0.25) is 0 Å². The maximum atomic E-state index is 12.4. The number of nitrogens with zero attached hydrogens (tertiary/aromatic N) is 3. The Hall–Kier alpha value is -2.18. The Bertz CT molecular complexity index is 512. The van der Waals surface area contributed by atoms with Crippen molar-refractivity contribution in [2.75, 3.05) is 19.6 Å². The monoisotopic (exact) mass is 290 g/mol. The summed E-state index contributed by atoms with van der Waals surface area (Å²) in [6.07, 6.45) is 6.57. The van der Waals surface area contributed by atoms with E-state index in [0.29, 0.717) is 38.4 Å². The van der Waals surface area contributed by atoms with Gasteiger partial charge in [-0.05, 0) is 6.42 Å². The van der Waals surface area contributed by atoms with Gasteiger partial charge in [-0.25, -0.2) is 4.98 Å². The van der Waals surface area contributed by atoms with Crippen molar-refractivity contribution >= 4 is 11.8 Å². The molecule has 0 bridgehead atoms. The second-order valence-electron chi connectivity index (χ2n) is 5.40. The van der Waals surface area contributed by atoms with Crippen LogP contribution < -0.4 is 10.1 Å². The molecular weight excluding hydrogens is 272 g/mol. The molecule has 0 aliphatic carbocycles. The first kappa shape index (κ1) is 13.8. The first-order valence-corrected chi connectivity index (χ1v) is 7.20. The molecule has 2 atom stereocenters. The van der Waals surface area contributed by atoms with E-state index in [9.17, 15) is 9.59 Å². The van der Waals surface area contributed by atoms with E-state index in [2.05, 4.69) is 15.3 Å². The number of piperidine rings is 1. The molecule has 3 heterocycles. The van der Waals surface area contributed by atoms with Crippen LogP contribution in [0.15, 0.2) is 18.6 Å². The summed E-state index contributed by atoms with van der Waals surface area (Å²) in [6.45, 7) is 1.71. The van der Waals surface area contributed by atoms with Crippen LogP contribution in [0.5, 0.6) is 5.88 Å². The van der Waals surface area contributed by atoms with Gasteiger partial charge >= 0.3 is 0 Å². The number of ether oxygens (including phenoxy) is 1. The Morgan fingerprint density at radius 3 is 3.00 bits per heavy atom.